The van der Waals surface area contributed by atoms with Gasteiger partial charge >= 0.3 is 138 Å². The zero-order valence-corrected chi connectivity index (χ0v) is 81.8. The van der Waals surface area contributed by atoms with Gasteiger partial charge in [-0.15, -0.1) is 0 Å². The SMILES string of the molecule is CC[PH+](CC)CC.CC[PH+](CC)CC.CC[PH+](CC)CC.CC[PH+](CC)CC.Cc1cc(C)n([BH-](n2nc(C)cc2C)n2nc(C)cc2C)n1.Cc1cc(C)n([BH-](n2nc(C)cc2C)n2nc(C)cc2C)n1.[Fe+2].[Fe+2].[Fe+2].[Fe+2].[Fe+2].[Fe+3].[S-2].[S-2].[S-2].[S-2].[S-2].[S-2].[Se-2].[Se-2].[W+2].[W]. The number of hydrogen-bond donors (Lipinski definition) is 0. The number of nitrogens with zero attached hydrogens (tertiary/aromatic N) is 12. The fourth-order valence-electron chi connectivity index (χ4n) is 9.53. The van der Waals surface area contributed by atoms with Crippen molar-refractivity contribution in [1.29, 1.82) is 0 Å². The fourth-order valence-corrected chi connectivity index (χ4v) is 15.5. The molecule has 6 rings (SSSR count). The molecule has 0 bridgehead atoms. The fraction of sp³-hybridized carbons (Fsp3) is 0.667. The Labute approximate surface area is 699 Å². The summed E-state index contributed by atoms with van der Waals surface area (Å²) in [6.07, 6.45) is 17.5. The second-order valence-electron chi connectivity index (χ2n) is 19.7. The summed E-state index contributed by atoms with van der Waals surface area (Å²) < 4.78 is 12.4. The van der Waals surface area contributed by atoms with Crippen molar-refractivity contribution in [3.8, 4) is 0 Å². The first kappa shape index (κ1) is 133. The van der Waals surface area contributed by atoms with Crippen molar-refractivity contribution >= 4 is 161 Å². The third-order valence-electron chi connectivity index (χ3n) is 14.2. The smallest absolute Gasteiger partial charge is 2.00 e. The molecule has 6 aromatic heterocycles. The molecule has 0 aromatic carbocycles. The Morgan fingerprint density at radius 2 is 0.364 bits per heavy atom. The quantitative estimate of drug-likeness (QED) is 0.0627. The van der Waals surface area contributed by atoms with Gasteiger partial charge in [0.15, 0.2) is 0 Å². The van der Waals surface area contributed by atoms with Gasteiger partial charge in [-0.2, -0.15) is 0 Å². The molecule has 0 N–H and O–H groups in total. The summed E-state index contributed by atoms with van der Waals surface area (Å²) >= 11 is 0. The van der Waals surface area contributed by atoms with E-state index < -0.39 is 14.2 Å². The van der Waals surface area contributed by atoms with Crippen molar-refractivity contribution < 1.29 is 145 Å². The van der Waals surface area contributed by atoms with Crippen LogP contribution in [-0.4, -0.2) is 180 Å². The molecule has 0 amide bonds. The molecule has 12 nitrogen and oxygen atoms in total. The van der Waals surface area contributed by atoms with Crippen LogP contribution < -0.4 is 0 Å². The summed E-state index contributed by atoms with van der Waals surface area (Å²) in [5.74, 6) is 0. The van der Waals surface area contributed by atoms with E-state index in [-0.39, 0.29) is 291 Å². The summed E-state index contributed by atoms with van der Waals surface area (Å²) in [5.41, 5.74) is 12.8. The van der Waals surface area contributed by atoms with Crippen LogP contribution in [0.1, 0.15) is 151 Å². The normalized spacial score (nSPS) is 9.07. The number of hydrogen-bond acceptors (Lipinski definition) is 6. The van der Waals surface area contributed by atoms with Crippen LogP contribution in [0.15, 0.2) is 36.4 Å². The van der Waals surface area contributed by atoms with Crippen LogP contribution in [-0.2, 0) is 226 Å². The van der Waals surface area contributed by atoms with Crippen molar-refractivity contribution in [3.05, 3.63) is 105 Å². The molecule has 0 atom stereocenters. The predicted molar refractivity (Wildman–Crippen MR) is 392 cm³/mol. The summed E-state index contributed by atoms with van der Waals surface area (Å²) in [6, 6.07) is 12.6. The molecule has 6 heterocycles. The Balaban J connectivity index is -0.0000000526. The van der Waals surface area contributed by atoms with Crippen LogP contribution in [0, 0.1) is 83.1 Å². The van der Waals surface area contributed by atoms with E-state index in [4.69, 9.17) is 30.6 Å². The molecule has 0 spiro atoms. The molecule has 6 aromatic rings. The average Bonchev–Trinajstić information content (AvgIpc) is 4.19. The summed E-state index contributed by atoms with van der Waals surface area (Å²) in [7, 11) is -1.97. The second kappa shape index (κ2) is 74.4. The molecule has 0 fully saturated rings. The maximum atomic E-state index is 4.70. The Hall–Kier alpha value is 4.74. The van der Waals surface area contributed by atoms with Gasteiger partial charge in [0.25, 0.3) is 0 Å². The summed E-state index contributed by atoms with van der Waals surface area (Å²) in [5, 5.41) is 28.2. The van der Waals surface area contributed by atoms with E-state index in [1.54, 1.807) is 0 Å². The van der Waals surface area contributed by atoms with Gasteiger partial charge in [-0.25, -0.2) is 30.6 Å². The zero-order valence-electron chi connectivity index (χ0n) is 56.9. The molecule has 0 unspecified atom stereocenters. The third-order valence-corrected chi connectivity index (χ3v) is 26.2. The van der Waals surface area contributed by atoms with E-state index in [9.17, 15) is 0 Å². The Morgan fingerprint density at radius 1 is 0.273 bits per heavy atom. The maximum Gasteiger partial charge on any atom is 3.00 e. The minimum absolute atomic E-state index is 0. The number of aromatic nitrogens is 12. The minimum Gasteiger partial charge on any atom is -2.00 e. The van der Waals surface area contributed by atoms with E-state index >= 15 is 0 Å². The van der Waals surface area contributed by atoms with Gasteiger partial charge in [-0.1, -0.05) is 0 Å². The monoisotopic (exact) mass is 2130 g/mol. The molecular formula is C54H108B2Fe6N12P4S6Se2W2+. The molecule has 0 saturated heterocycles. The number of rotatable bonds is 18. The van der Waals surface area contributed by atoms with Gasteiger partial charge in [-0.3, -0.25) is 0 Å². The standard InChI is InChI=1S/2C15H22BN6.4C6H15P.6Fe.6S.2Se.2W/c2*1-10-7-13(4)20(17-10)16(21-14(5)8-11(2)18-21)22-15(6)9-12(3)19-22;4*1-4-7(5-2)6-3;;;;;;;;;;;;;;;;/h2*7-9,16H,1-6H3;4*4-6H2,1-3H3;;;;;;;;;;;;;;;;/q2*-1;;;;;5*+2;+3;8*-2;;+2/p+4. The third kappa shape index (κ3) is 47.0. The van der Waals surface area contributed by atoms with Gasteiger partial charge in [0.2, 0.25) is 0 Å². The van der Waals surface area contributed by atoms with Gasteiger partial charge in [0.1, 0.15) is 0 Å². The maximum absolute atomic E-state index is 4.70. The topological polar surface area (TPSA) is 107 Å². The molecule has 88 heavy (non-hydrogen) atoms. The largest absolute Gasteiger partial charge is 3.00 e. The van der Waals surface area contributed by atoms with E-state index in [1.807, 2.05) is 41.5 Å². The van der Waals surface area contributed by atoms with Crippen LogP contribution in [0.5, 0.6) is 0 Å². The van der Waals surface area contributed by atoms with E-state index in [0.29, 0.717) is 0 Å². The molecule has 0 aliphatic carbocycles. The van der Waals surface area contributed by atoms with Gasteiger partial charge in [0, 0.05) is 21.1 Å². The van der Waals surface area contributed by atoms with Crippen LogP contribution in [0.2, 0.25) is 0 Å². The van der Waals surface area contributed by atoms with Crippen LogP contribution in [0.4, 0.5) is 0 Å². The Kier molecular flexibility index (Phi) is 112. The first-order valence-electron chi connectivity index (χ1n) is 28.0. The van der Waals surface area contributed by atoms with Crippen molar-refractivity contribution in [2.24, 2.45) is 0 Å². The van der Waals surface area contributed by atoms with Gasteiger partial charge in [-0.05, 0) is 268 Å². The first-order chi connectivity index (χ1) is 34.1. The van der Waals surface area contributed by atoms with Crippen molar-refractivity contribution in [2.45, 2.75) is 166 Å². The number of aryl methyl sites for hydroxylation is 12. The average molecular weight is 2120 g/mol. The molecule has 0 saturated carbocycles. The van der Waals surface area contributed by atoms with E-state index in [0.717, 1.165) is 68.3 Å². The van der Waals surface area contributed by atoms with Gasteiger partial charge < -0.3 is 143 Å². The molecule has 1 radical (unpaired) electrons. The predicted octanol–water partition coefficient (Wildman–Crippen LogP) is 11.8. The molecule has 0 aliphatic rings. The second-order valence-corrected chi connectivity index (χ2v) is 34.1. The summed E-state index contributed by atoms with van der Waals surface area (Å²) in [6.45, 7) is 52.3. The Bertz CT molecular complexity index is 2020. The van der Waals surface area contributed by atoms with Crippen LogP contribution >= 0.6 is 31.7 Å². The molecule has 34 heteroatoms. The van der Waals surface area contributed by atoms with Gasteiger partial charge in [0.05, 0.1) is 108 Å². The molecule has 517 valence electrons. The van der Waals surface area contributed by atoms with Crippen LogP contribution in [0.25, 0.3) is 0 Å². The minimum atomic E-state index is -1.26. The summed E-state index contributed by atoms with van der Waals surface area (Å²) in [4.78, 5) is 0. The van der Waals surface area contributed by atoms with Crippen molar-refractivity contribution in [3.63, 3.8) is 0 Å². The van der Waals surface area contributed by atoms with Crippen molar-refractivity contribution in [2.75, 3.05) is 73.9 Å². The zero-order chi connectivity index (χ0) is 54.8. The molecule has 0 aliphatic heterocycles. The van der Waals surface area contributed by atoms with Crippen molar-refractivity contribution in [1.82, 2.24) is 58.1 Å². The first-order valence-corrected chi connectivity index (χ1v) is 36.5. The van der Waals surface area contributed by atoms with Crippen LogP contribution in [0.3, 0.4) is 0 Å². The van der Waals surface area contributed by atoms with E-state index in [2.05, 4.69) is 189 Å². The Morgan fingerprint density at radius 3 is 0.409 bits per heavy atom. The molecular weight excluding hydrogens is 2020 g/mol. The van der Waals surface area contributed by atoms with E-state index in [1.165, 1.54) is 73.9 Å².